The van der Waals surface area contributed by atoms with Gasteiger partial charge in [0.25, 0.3) is 0 Å². The molecule has 12 nitrogen and oxygen atoms in total. The van der Waals surface area contributed by atoms with Crippen molar-refractivity contribution in [2.45, 2.75) is 0 Å². The van der Waals surface area contributed by atoms with Crippen LogP contribution in [0.5, 0.6) is 0 Å². The second-order valence-electron chi connectivity index (χ2n) is 10.8. The molecule has 2 saturated heterocycles. The van der Waals surface area contributed by atoms with E-state index in [1.54, 1.807) is 29.8 Å². The van der Waals surface area contributed by atoms with Crippen LogP contribution in [-0.2, 0) is 9.53 Å². The summed E-state index contributed by atoms with van der Waals surface area (Å²) < 4.78 is 6.66. The number of nitrogen functional groups attached to an aromatic ring is 1. The first-order valence-corrected chi connectivity index (χ1v) is 15.2. The molecule has 0 bridgehead atoms. The van der Waals surface area contributed by atoms with Crippen LogP contribution in [-0.4, -0.2) is 104 Å². The van der Waals surface area contributed by atoms with E-state index in [0.717, 1.165) is 83.1 Å². The quantitative estimate of drug-likeness (QED) is 0.290. The van der Waals surface area contributed by atoms with Gasteiger partial charge in [-0.25, -0.2) is 19.9 Å². The molecule has 224 valence electrons. The Kier molecular flexibility index (Phi) is 8.63. The number of rotatable bonds is 8. The zero-order valence-electron chi connectivity index (χ0n) is 24.4. The van der Waals surface area contributed by atoms with Gasteiger partial charge in [0.2, 0.25) is 11.9 Å². The Labute approximate surface area is 254 Å². The molecule has 0 aliphatic carbocycles. The lowest BCUT2D eigenvalue weighted by atomic mass is 10.1. The number of piperazine rings is 1. The number of hydrogen-bond donors (Lipinski definition) is 2. The second-order valence-corrected chi connectivity index (χ2v) is 11.8. The fourth-order valence-corrected chi connectivity index (χ4v) is 6.09. The molecule has 5 heterocycles. The van der Waals surface area contributed by atoms with Gasteiger partial charge in [-0.1, -0.05) is 17.4 Å². The van der Waals surface area contributed by atoms with E-state index in [1.807, 2.05) is 43.3 Å². The highest BCUT2D eigenvalue weighted by Gasteiger charge is 2.23. The topological polar surface area (TPSA) is 129 Å². The van der Waals surface area contributed by atoms with Crippen molar-refractivity contribution in [3.63, 3.8) is 0 Å². The number of carbonyl (C=O) groups is 1. The summed E-state index contributed by atoms with van der Waals surface area (Å²) in [6, 6.07) is 10.2. The molecular weight excluding hydrogens is 564 g/mol. The summed E-state index contributed by atoms with van der Waals surface area (Å²) in [7, 11) is 3.93. The average molecular weight is 601 g/mol. The summed E-state index contributed by atoms with van der Waals surface area (Å²) in [6.45, 7) is 7.08. The lowest BCUT2D eigenvalue weighted by Crippen LogP contribution is -2.46. The van der Waals surface area contributed by atoms with E-state index in [0.29, 0.717) is 19.8 Å². The van der Waals surface area contributed by atoms with Crippen LogP contribution in [0, 0.1) is 0 Å². The van der Waals surface area contributed by atoms with Crippen LogP contribution >= 0.6 is 11.3 Å². The monoisotopic (exact) mass is 600 g/mol. The summed E-state index contributed by atoms with van der Waals surface area (Å²) in [5.74, 6) is 1.03. The van der Waals surface area contributed by atoms with Crippen molar-refractivity contribution < 1.29 is 9.53 Å². The van der Waals surface area contributed by atoms with Crippen molar-refractivity contribution in [1.82, 2.24) is 24.8 Å². The smallest absolute Gasteiger partial charge is 0.248 e. The Morgan fingerprint density at radius 1 is 1.00 bits per heavy atom. The fraction of sp³-hybridized carbons (Fsp3) is 0.367. The van der Waals surface area contributed by atoms with Crippen LogP contribution in [0.15, 0.2) is 54.9 Å². The van der Waals surface area contributed by atoms with E-state index in [2.05, 4.69) is 42.1 Å². The summed E-state index contributed by atoms with van der Waals surface area (Å²) in [5, 5.41) is 3.93. The number of morpholine rings is 1. The number of likely N-dealkylation sites (N-methyl/N-ethyl adjacent to an activating group) is 1. The molecule has 2 fully saturated rings. The normalized spacial score (nSPS) is 16.0. The number of nitrogens with one attached hydrogen (secondary N) is 1. The van der Waals surface area contributed by atoms with Gasteiger partial charge < -0.3 is 35.4 Å². The Balaban J connectivity index is 1.15. The molecular formula is C30H36N10O2S. The summed E-state index contributed by atoms with van der Waals surface area (Å²) in [6.07, 6.45) is 6.86. The Hall–Kier alpha value is -4.33. The third-order valence-corrected chi connectivity index (χ3v) is 8.50. The highest BCUT2D eigenvalue weighted by molar-refractivity contribution is 7.22. The van der Waals surface area contributed by atoms with Crippen LogP contribution in [0.3, 0.4) is 0 Å². The van der Waals surface area contributed by atoms with Crippen LogP contribution < -0.4 is 25.8 Å². The van der Waals surface area contributed by atoms with E-state index in [-0.39, 0.29) is 11.9 Å². The fourth-order valence-electron chi connectivity index (χ4n) is 5.10. The first kappa shape index (κ1) is 28.8. The zero-order valence-corrected chi connectivity index (χ0v) is 25.3. The number of ether oxygens (including phenoxy) is 1. The molecule has 3 aromatic heterocycles. The van der Waals surface area contributed by atoms with Gasteiger partial charge in [0.1, 0.15) is 5.82 Å². The molecule has 6 rings (SSSR count). The van der Waals surface area contributed by atoms with Crippen molar-refractivity contribution in [2.24, 2.45) is 0 Å². The SMILES string of the molecule is CN(C)C/C=C/C(=O)Nc1ccc2sc(N3CCN(c4cc(-c5cnc(N)nc5)nc(N5CCOCC5)c4)CC3)nc2c1. The van der Waals surface area contributed by atoms with Gasteiger partial charge in [0.15, 0.2) is 5.13 Å². The number of benzene rings is 1. The maximum Gasteiger partial charge on any atom is 0.248 e. The maximum absolute atomic E-state index is 12.3. The molecule has 43 heavy (non-hydrogen) atoms. The largest absolute Gasteiger partial charge is 0.378 e. The van der Waals surface area contributed by atoms with Gasteiger partial charge in [-0.3, -0.25) is 4.79 Å². The molecule has 0 atom stereocenters. The first-order chi connectivity index (χ1) is 20.9. The van der Waals surface area contributed by atoms with Crippen molar-refractivity contribution in [3.8, 4) is 11.3 Å². The molecule has 13 heteroatoms. The highest BCUT2D eigenvalue weighted by atomic mass is 32.1. The van der Waals surface area contributed by atoms with Crippen LogP contribution in [0.25, 0.3) is 21.5 Å². The van der Waals surface area contributed by atoms with Crippen molar-refractivity contribution >= 4 is 55.7 Å². The van der Waals surface area contributed by atoms with Gasteiger partial charge in [0, 0.05) is 87.3 Å². The number of amides is 1. The van der Waals surface area contributed by atoms with Crippen molar-refractivity contribution in [2.75, 3.05) is 98.9 Å². The Bertz CT molecular complexity index is 1590. The summed E-state index contributed by atoms with van der Waals surface area (Å²) in [4.78, 5) is 39.5. The minimum atomic E-state index is -0.146. The van der Waals surface area contributed by atoms with Crippen LogP contribution in [0.2, 0.25) is 0 Å². The van der Waals surface area contributed by atoms with Gasteiger partial charge in [-0.15, -0.1) is 0 Å². The number of anilines is 5. The van der Waals surface area contributed by atoms with Gasteiger partial charge >= 0.3 is 0 Å². The molecule has 0 radical (unpaired) electrons. The molecule has 0 spiro atoms. The Morgan fingerprint density at radius 3 is 2.49 bits per heavy atom. The van der Waals surface area contributed by atoms with E-state index in [1.165, 1.54) is 0 Å². The molecule has 1 aromatic carbocycles. The van der Waals surface area contributed by atoms with E-state index >= 15 is 0 Å². The predicted octanol–water partition coefficient (Wildman–Crippen LogP) is 2.95. The lowest BCUT2D eigenvalue weighted by Gasteiger charge is -2.37. The number of nitrogens with two attached hydrogens (primary N) is 1. The number of hydrogen-bond acceptors (Lipinski definition) is 12. The molecule has 0 saturated carbocycles. The molecule has 2 aliphatic heterocycles. The maximum atomic E-state index is 12.3. The summed E-state index contributed by atoms with van der Waals surface area (Å²) >= 11 is 1.68. The number of thiazole rings is 1. The first-order valence-electron chi connectivity index (χ1n) is 14.4. The highest BCUT2D eigenvalue weighted by Crippen LogP contribution is 2.33. The molecule has 3 N–H and O–H groups in total. The van der Waals surface area contributed by atoms with Gasteiger partial charge in [-0.05, 0) is 38.4 Å². The molecule has 4 aromatic rings. The minimum absolute atomic E-state index is 0.146. The van der Waals surface area contributed by atoms with Gasteiger partial charge in [0.05, 0.1) is 29.1 Å². The average Bonchev–Trinajstić information content (AvgIpc) is 3.45. The van der Waals surface area contributed by atoms with Crippen molar-refractivity contribution in [3.05, 3.63) is 54.9 Å². The number of carbonyl (C=O) groups excluding carboxylic acids is 1. The lowest BCUT2D eigenvalue weighted by molar-refractivity contribution is -0.111. The van der Waals surface area contributed by atoms with Gasteiger partial charge in [-0.2, -0.15) is 0 Å². The zero-order chi connectivity index (χ0) is 29.8. The van der Waals surface area contributed by atoms with E-state index in [9.17, 15) is 4.79 Å². The number of aromatic nitrogens is 4. The number of nitrogens with zero attached hydrogens (tertiary/aromatic N) is 8. The number of fused-ring (bicyclic) bond motifs is 1. The second kappa shape index (κ2) is 12.9. The Morgan fingerprint density at radius 2 is 1.74 bits per heavy atom. The summed E-state index contributed by atoms with van der Waals surface area (Å²) in [5.41, 5.74) is 10.1. The predicted molar refractivity (Wildman–Crippen MR) is 173 cm³/mol. The van der Waals surface area contributed by atoms with E-state index in [4.69, 9.17) is 20.4 Å². The third-order valence-electron chi connectivity index (χ3n) is 7.40. The third kappa shape index (κ3) is 7.01. The van der Waals surface area contributed by atoms with Crippen LogP contribution in [0.4, 0.5) is 28.3 Å². The van der Waals surface area contributed by atoms with Crippen molar-refractivity contribution in [1.29, 1.82) is 0 Å². The van der Waals surface area contributed by atoms with E-state index < -0.39 is 0 Å². The molecule has 1 amide bonds. The number of pyridine rings is 1. The van der Waals surface area contributed by atoms with Crippen LogP contribution in [0.1, 0.15) is 0 Å². The molecule has 0 unspecified atom stereocenters. The standard InChI is InChI=1S/C30H36N10O2S/c1-37(2)7-3-4-28(41)34-22-5-6-26-25(16-22)36-30(43-26)40-10-8-38(9-11-40)23-17-24(21-19-32-29(31)33-20-21)35-27(18-23)39-12-14-42-15-13-39/h3-6,16-20H,7-15H2,1-2H3,(H,34,41)(H2,31,32,33)/b4-3+. The molecule has 2 aliphatic rings. The minimum Gasteiger partial charge on any atom is -0.378 e.